The molecule has 0 radical (unpaired) electrons. The second-order valence-electron chi connectivity index (χ2n) is 3.54. The molecular weight excluding hydrogens is 202 g/mol. The van der Waals surface area contributed by atoms with Crippen molar-refractivity contribution in [2.24, 2.45) is 0 Å². The summed E-state index contributed by atoms with van der Waals surface area (Å²) in [6.45, 7) is 1.91. The van der Waals surface area contributed by atoms with Crippen LogP contribution < -0.4 is 5.32 Å². The Kier molecular flexibility index (Phi) is 3.53. The number of hydrogen-bond donors (Lipinski definition) is 2. The number of aliphatic hydroxyl groups is 1. The Morgan fingerprint density at radius 1 is 1.64 bits per heavy atom. The summed E-state index contributed by atoms with van der Waals surface area (Å²) in [5.41, 5.74) is 0. The van der Waals surface area contributed by atoms with Gasteiger partial charge in [-0.1, -0.05) is 12.8 Å². The minimum Gasteiger partial charge on any atom is -0.390 e. The first-order valence-corrected chi connectivity index (χ1v) is 6.41. The highest BCUT2D eigenvalue weighted by molar-refractivity contribution is 7.91. The third-order valence-corrected chi connectivity index (χ3v) is 4.06. The summed E-state index contributed by atoms with van der Waals surface area (Å²) in [6.07, 6.45) is 5.12. The molecule has 14 heavy (non-hydrogen) atoms. The van der Waals surface area contributed by atoms with Crippen LogP contribution in [-0.2, 0) is 9.84 Å². The average Bonchev–Trinajstić information content (AvgIpc) is 2.35. The van der Waals surface area contributed by atoms with Crippen molar-refractivity contribution in [3.8, 4) is 12.3 Å². The molecule has 0 aromatic rings. The van der Waals surface area contributed by atoms with E-state index in [-0.39, 0.29) is 17.5 Å². The van der Waals surface area contributed by atoms with E-state index in [9.17, 15) is 13.5 Å². The van der Waals surface area contributed by atoms with E-state index in [0.29, 0.717) is 0 Å². The van der Waals surface area contributed by atoms with Crippen LogP contribution in [0.4, 0.5) is 0 Å². The van der Waals surface area contributed by atoms with E-state index in [1.165, 1.54) is 0 Å². The highest BCUT2D eigenvalue weighted by atomic mass is 32.2. The van der Waals surface area contributed by atoms with Gasteiger partial charge < -0.3 is 5.11 Å². The molecular formula is C9H15NO3S. The van der Waals surface area contributed by atoms with Gasteiger partial charge in [0, 0.05) is 6.04 Å². The van der Waals surface area contributed by atoms with Crippen LogP contribution in [0, 0.1) is 12.3 Å². The molecule has 1 fully saturated rings. The zero-order valence-corrected chi connectivity index (χ0v) is 8.92. The topological polar surface area (TPSA) is 66.4 Å². The molecule has 0 bridgehead atoms. The van der Waals surface area contributed by atoms with Crippen LogP contribution in [0.2, 0.25) is 0 Å². The lowest BCUT2D eigenvalue weighted by molar-refractivity contribution is 0.162. The van der Waals surface area contributed by atoms with E-state index in [1.807, 2.05) is 6.92 Å². The molecule has 1 heterocycles. The molecule has 4 nitrogen and oxygen atoms in total. The normalized spacial score (nSPS) is 32.4. The molecule has 1 aliphatic heterocycles. The van der Waals surface area contributed by atoms with Crippen LogP contribution >= 0.6 is 0 Å². The summed E-state index contributed by atoms with van der Waals surface area (Å²) in [5.74, 6) is 2.33. The molecule has 0 saturated carbocycles. The van der Waals surface area contributed by atoms with Crippen LogP contribution in [0.25, 0.3) is 0 Å². The van der Waals surface area contributed by atoms with Gasteiger partial charge in [0.05, 0.1) is 23.7 Å². The van der Waals surface area contributed by atoms with Gasteiger partial charge >= 0.3 is 0 Å². The predicted octanol–water partition coefficient (Wildman–Crippen LogP) is -0.854. The summed E-state index contributed by atoms with van der Waals surface area (Å²) >= 11 is 0. The second-order valence-corrected chi connectivity index (χ2v) is 5.70. The molecule has 0 aliphatic carbocycles. The maximum absolute atomic E-state index is 11.2. The largest absolute Gasteiger partial charge is 0.390 e. The molecule has 3 atom stereocenters. The lowest BCUT2D eigenvalue weighted by Crippen LogP contribution is -2.44. The van der Waals surface area contributed by atoms with Crippen molar-refractivity contribution >= 4 is 9.84 Å². The molecule has 80 valence electrons. The Balaban J connectivity index is 2.60. The quantitative estimate of drug-likeness (QED) is 0.604. The summed E-state index contributed by atoms with van der Waals surface area (Å²) in [7, 11) is -3.09. The van der Waals surface area contributed by atoms with Gasteiger partial charge in [0.1, 0.15) is 0 Å². The smallest absolute Gasteiger partial charge is 0.154 e. The van der Waals surface area contributed by atoms with Crippen LogP contribution in [0.5, 0.6) is 0 Å². The van der Waals surface area contributed by atoms with Crippen molar-refractivity contribution in [1.29, 1.82) is 0 Å². The Bertz CT molecular complexity index is 330. The van der Waals surface area contributed by atoms with Crippen LogP contribution in [0.15, 0.2) is 0 Å². The van der Waals surface area contributed by atoms with Crippen molar-refractivity contribution in [2.45, 2.75) is 31.5 Å². The Morgan fingerprint density at radius 2 is 2.29 bits per heavy atom. The van der Waals surface area contributed by atoms with Crippen molar-refractivity contribution < 1.29 is 13.5 Å². The van der Waals surface area contributed by atoms with Gasteiger partial charge in [0.15, 0.2) is 9.84 Å². The van der Waals surface area contributed by atoms with Gasteiger partial charge in [-0.05, 0) is 6.42 Å². The average molecular weight is 217 g/mol. The number of terminal acetylenes is 1. The van der Waals surface area contributed by atoms with Crippen molar-refractivity contribution in [2.75, 3.05) is 11.5 Å². The number of rotatable bonds is 3. The van der Waals surface area contributed by atoms with E-state index in [4.69, 9.17) is 6.42 Å². The van der Waals surface area contributed by atoms with Crippen LogP contribution in [-0.4, -0.2) is 43.2 Å². The lowest BCUT2D eigenvalue weighted by Gasteiger charge is -2.18. The monoisotopic (exact) mass is 217 g/mol. The number of sulfone groups is 1. The Labute approximate surface area is 84.6 Å². The molecule has 1 saturated heterocycles. The fourth-order valence-electron chi connectivity index (χ4n) is 1.53. The first-order valence-electron chi connectivity index (χ1n) is 4.59. The van der Waals surface area contributed by atoms with Crippen molar-refractivity contribution in [3.63, 3.8) is 0 Å². The maximum atomic E-state index is 11.2. The van der Waals surface area contributed by atoms with Gasteiger partial charge in [-0.3, -0.25) is 5.32 Å². The van der Waals surface area contributed by atoms with E-state index >= 15 is 0 Å². The fraction of sp³-hybridized carbons (Fsp3) is 0.778. The molecule has 2 N–H and O–H groups in total. The van der Waals surface area contributed by atoms with E-state index < -0.39 is 22.0 Å². The SMILES string of the molecule is C#CC(CC)NC1CS(=O)(=O)CC1O. The molecule has 0 amide bonds. The summed E-state index contributed by atoms with van der Waals surface area (Å²) in [4.78, 5) is 0. The van der Waals surface area contributed by atoms with Crippen LogP contribution in [0.1, 0.15) is 13.3 Å². The Morgan fingerprint density at radius 3 is 2.64 bits per heavy atom. The minimum atomic E-state index is -3.09. The lowest BCUT2D eigenvalue weighted by atomic mass is 10.1. The Hall–Kier alpha value is -0.570. The van der Waals surface area contributed by atoms with E-state index in [1.54, 1.807) is 0 Å². The van der Waals surface area contributed by atoms with Gasteiger partial charge in [0.2, 0.25) is 0 Å². The third-order valence-electron chi connectivity index (χ3n) is 2.35. The first-order chi connectivity index (χ1) is 6.48. The molecule has 0 spiro atoms. The van der Waals surface area contributed by atoms with Gasteiger partial charge in [-0.15, -0.1) is 6.42 Å². The highest BCUT2D eigenvalue weighted by Crippen LogP contribution is 2.13. The number of nitrogens with one attached hydrogen (secondary N) is 1. The highest BCUT2D eigenvalue weighted by Gasteiger charge is 2.36. The number of hydrogen-bond acceptors (Lipinski definition) is 4. The molecule has 0 aromatic heterocycles. The molecule has 1 rings (SSSR count). The second kappa shape index (κ2) is 4.30. The molecule has 3 unspecified atom stereocenters. The molecule has 5 heteroatoms. The minimum absolute atomic E-state index is 0.0215. The van der Waals surface area contributed by atoms with Gasteiger partial charge in [-0.25, -0.2) is 8.42 Å². The molecule has 1 aliphatic rings. The summed E-state index contributed by atoms with van der Waals surface area (Å²) < 4.78 is 22.3. The van der Waals surface area contributed by atoms with Crippen molar-refractivity contribution in [1.82, 2.24) is 5.32 Å². The zero-order valence-electron chi connectivity index (χ0n) is 8.10. The third kappa shape index (κ3) is 2.71. The summed E-state index contributed by atoms with van der Waals surface area (Å²) in [5, 5.41) is 12.4. The molecule has 0 aromatic carbocycles. The number of aliphatic hydroxyl groups excluding tert-OH is 1. The van der Waals surface area contributed by atoms with Crippen molar-refractivity contribution in [3.05, 3.63) is 0 Å². The zero-order chi connectivity index (χ0) is 10.8. The summed E-state index contributed by atoms with van der Waals surface area (Å²) in [6, 6.07) is -0.580. The fourth-order valence-corrected chi connectivity index (χ4v) is 3.28. The maximum Gasteiger partial charge on any atom is 0.154 e. The standard InChI is InChI=1S/C9H15NO3S/c1-3-7(4-2)10-8-5-14(12,13)6-9(8)11/h1,7-11H,4-6H2,2H3. The predicted molar refractivity (Wildman–Crippen MR) is 54.5 cm³/mol. The van der Waals surface area contributed by atoms with Gasteiger partial charge in [0.25, 0.3) is 0 Å². The van der Waals surface area contributed by atoms with Gasteiger partial charge in [-0.2, -0.15) is 0 Å². The van der Waals surface area contributed by atoms with Crippen LogP contribution in [0.3, 0.4) is 0 Å². The first kappa shape index (κ1) is 11.5. The van der Waals surface area contributed by atoms with E-state index in [0.717, 1.165) is 6.42 Å². The van der Waals surface area contributed by atoms with E-state index in [2.05, 4.69) is 11.2 Å².